The van der Waals surface area contributed by atoms with Gasteiger partial charge in [-0.3, -0.25) is 4.40 Å². The highest BCUT2D eigenvalue weighted by molar-refractivity contribution is 5.83. The molecule has 0 amide bonds. The number of hydrogen-bond acceptors (Lipinski definition) is 4. The van der Waals surface area contributed by atoms with E-state index < -0.39 is 0 Å². The molecule has 0 saturated heterocycles. The minimum atomic E-state index is 0.787. The van der Waals surface area contributed by atoms with Gasteiger partial charge in [0, 0.05) is 42.4 Å². The van der Waals surface area contributed by atoms with Gasteiger partial charge in [0.15, 0.2) is 0 Å². The van der Waals surface area contributed by atoms with E-state index in [-0.39, 0.29) is 0 Å². The van der Waals surface area contributed by atoms with Crippen molar-refractivity contribution >= 4 is 22.7 Å². The average Bonchev–Trinajstić information content (AvgIpc) is 3.55. The molecule has 6 heteroatoms. The quantitative estimate of drug-likeness (QED) is 0.221. The summed E-state index contributed by atoms with van der Waals surface area (Å²) in [5, 5.41) is 10.2. The van der Waals surface area contributed by atoms with Gasteiger partial charge in [-0.25, -0.2) is 9.98 Å². The highest BCUT2D eigenvalue weighted by Crippen LogP contribution is 2.25. The fourth-order valence-corrected chi connectivity index (χ4v) is 3.99. The molecule has 2 heterocycles. The summed E-state index contributed by atoms with van der Waals surface area (Å²) in [6.45, 7) is 18.3. The average molecular weight is 497 g/mol. The topological polar surface area (TPSA) is 65.8 Å². The maximum absolute atomic E-state index is 4.66. The molecule has 194 valence electrons. The first-order valence-corrected chi connectivity index (χ1v) is 13.0. The van der Waals surface area contributed by atoms with Crippen LogP contribution in [0.1, 0.15) is 57.9 Å². The molecule has 1 aliphatic carbocycles. The van der Waals surface area contributed by atoms with E-state index in [2.05, 4.69) is 100 Å². The van der Waals surface area contributed by atoms with Crippen LogP contribution in [0, 0.1) is 6.92 Å². The summed E-state index contributed by atoms with van der Waals surface area (Å²) < 4.78 is 2.12. The van der Waals surface area contributed by atoms with Gasteiger partial charge in [-0.2, -0.15) is 0 Å². The van der Waals surface area contributed by atoms with E-state index in [1.165, 1.54) is 11.1 Å². The van der Waals surface area contributed by atoms with E-state index in [1.54, 1.807) is 0 Å². The first-order chi connectivity index (χ1) is 17.9. The molecular weight excluding hydrogens is 456 g/mol. The number of nitrogens with zero attached hydrogens (tertiary/aromatic N) is 3. The Morgan fingerprint density at radius 1 is 1.11 bits per heavy atom. The predicted octanol–water partition coefficient (Wildman–Crippen LogP) is 6.99. The highest BCUT2D eigenvalue weighted by Gasteiger charge is 2.13. The van der Waals surface area contributed by atoms with Crippen LogP contribution in [0.15, 0.2) is 95.7 Å². The van der Waals surface area contributed by atoms with Crippen molar-refractivity contribution < 1.29 is 0 Å². The number of aryl methyl sites for hydroxylation is 1. The molecule has 0 radical (unpaired) electrons. The van der Waals surface area contributed by atoms with Crippen LogP contribution in [-0.2, 0) is 6.54 Å². The van der Waals surface area contributed by atoms with Crippen molar-refractivity contribution in [3.8, 4) is 0 Å². The number of allylic oxidation sites excluding steroid dienone is 5. The largest absolute Gasteiger partial charge is 0.356 e. The van der Waals surface area contributed by atoms with Gasteiger partial charge in [-0.1, -0.05) is 57.7 Å². The Hall–Kier alpha value is -3.90. The number of benzene rings is 1. The van der Waals surface area contributed by atoms with Crippen LogP contribution < -0.4 is 16.0 Å². The zero-order chi connectivity index (χ0) is 26.8. The number of rotatable bonds is 9. The number of imidazole rings is 1. The number of nitrogens with one attached hydrogen (secondary N) is 3. The molecule has 0 unspecified atom stereocenters. The van der Waals surface area contributed by atoms with Crippen LogP contribution >= 0.6 is 0 Å². The van der Waals surface area contributed by atoms with Crippen molar-refractivity contribution in [3.05, 3.63) is 108 Å². The molecule has 0 aliphatic heterocycles. The summed E-state index contributed by atoms with van der Waals surface area (Å²) in [6, 6.07) is 12.4. The van der Waals surface area contributed by atoms with Crippen molar-refractivity contribution in [1.82, 2.24) is 20.0 Å². The standard InChI is InChI=1S/C29H34N6.C2H6/c1-6-30-17-24-11-14-29-32-18-28(35(29)19-24)21(3)16-31-23(5)34-26-13-12-25(15-26)22(4)33-27-10-8-7-9-20(27)2;1-2/h7-14,16,18-19,30,33H,4,6,15,17H2,1-3,5H3,(H,31,34);1-2H3/b21-16+;. The lowest BCUT2D eigenvalue weighted by molar-refractivity contribution is 0.723. The molecule has 6 nitrogen and oxygen atoms in total. The lowest BCUT2D eigenvalue weighted by Gasteiger charge is -2.14. The summed E-state index contributed by atoms with van der Waals surface area (Å²) in [4.78, 5) is 9.20. The Kier molecular flexibility index (Phi) is 10.0. The predicted molar refractivity (Wildman–Crippen MR) is 159 cm³/mol. The Morgan fingerprint density at radius 2 is 1.89 bits per heavy atom. The molecule has 3 N–H and O–H groups in total. The van der Waals surface area contributed by atoms with E-state index >= 15 is 0 Å². The fraction of sp³-hybridized carbons (Fsp3) is 0.290. The van der Waals surface area contributed by atoms with E-state index in [1.807, 2.05) is 45.3 Å². The second kappa shape index (κ2) is 13.4. The van der Waals surface area contributed by atoms with E-state index in [0.29, 0.717) is 0 Å². The molecule has 0 atom stereocenters. The Labute approximate surface area is 221 Å². The maximum Gasteiger partial charge on any atom is 0.137 e. The van der Waals surface area contributed by atoms with E-state index in [9.17, 15) is 0 Å². The summed E-state index contributed by atoms with van der Waals surface area (Å²) in [6.07, 6.45) is 10.9. The lowest BCUT2D eigenvalue weighted by Crippen LogP contribution is -2.19. The van der Waals surface area contributed by atoms with Crippen LogP contribution in [0.4, 0.5) is 5.69 Å². The number of hydrogen-bond donors (Lipinski definition) is 3. The third kappa shape index (κ3) is 7.30. The van der Waals surface area contributed by atoms with Gasteiger partial charge in [-0.05, 0) is 67.8 Å². The molecule has 0 fully saturated rings. The Morgan fingerprint density at radius 3 is 2.65 bits per heavy atom. The van der Waals surface area contributed by atoms with E-state index in [0.717, 1.165) is 64.9 Å². The molecule has 1 aliphatic rings. The van der Waals surface area contributed by atoms with Gasteiger partial charge in [0.05, 0.1) is 11.9 Å². The number of amidine groups is 1. The van der Waals surface area contributed by atoms with Crippen LogP contribution in [0.5, 0.6) is 0 Å². The minimum Gasteiger partial charge on any atom is -0.356 e. The summed E-state index contributed by atoms with van der Waals surface area (Å²) in [5.74, 6) is 0.837. The third-order valence-corrected chi connectivity index (χ3v) is 6.03. The first-order valence-electron chi connectivity index (χ1n) is 13.0. The van der Waals surface area contributed by atoms with Gasteiger partial charge in [0.2, 0.25) is 0 Å². The first kappa shape index (κ1) is 27.7. The summed E-state index contributed by atoms with van der Waals surface area (Å²) in [5.41, 5.74) is 9.70. The molecular formula is C31H40N6. The number of aliphatic imine (C=N–C) groups is 1. The molecule has 0 spiro atoms. The molecule has 37 heavy (non-hydrogen) atoms. The Bertz CT molecular complexity index is 1350. The molecule has 3 aromatic rings. The highest BCUT2D eigenvalue weighted by atomic mass is 15.0. The normalized spacial score (nSPS) is 13.6. The van der Waals surface area contributed by atoms with Crippen molar-refractivity contribution in [1.29, 1.82) is 0 Å². The second-order valence-electron chi connectivity index (χ2n) is 8.82. The van der Waals surface area contributed by atoms with Crippen molar-refractivity contribution in [2.75, 3.05) is 11.9 Å². The van der Waals surface area contributed by atoms with Gasteiger partial charge in [-0.15, -0.1) is 0 Å². The maximum atomic E-state index is 4.66. The van der Waals surface area contributed by atoms with Gasteiger partial charge >= 0.3 is 0 Å². The smallest absolute Gasteiger partial charge is 0.137 e. The monoisotopic (exact) mass is 496 g/mol. The molecule has 2 aromatic heterocycles. The summed E-state index contributed by atoms with van der Waals surface area (Å²) >= 11 is 0. The van der Waals surface area contributed by atoms with Crippen molar-refractivity contribution in [2.45, 2.75) is 54.5 Å². The van der Waals surface area contributed by atoms with Crippen LogP contribution in [0.25, 0.3) is 11.2 Å². The van der Waals surface area contributed by atoms with Crippen molar-refractivity contribution in [2.24, 2.45) is 4.99 Å². The number of anilines is 1. The minimum absolute atomic E-state index is 0.787. The van der Waals surface area contributed by atoms with Crippen LogP contribution in [0.3, 0.4) is 0 Å². The van der Waals surface area contributed by atoms with E-state index in [4.69, 9.17) is 0 Å². The second-order valence-corrected chi connectivity index (χ2v) is 8.82. The number of aromatic nitrogens is 2. The van der Waals surface area contributed by atoms with Crippen LogP contribution in [0.2, 0.25) is 0 Å². The fourth-order valence-electron chi connectivity index (χ4n) is 3.99. The molecule has 0 saturated carbocycles. The lowest BCUT2D eigenvalue weighted by atomic mass is 10.1. The zero-order valence-electron chi connectivity index (χ0n) is 23.0. The molecule has 1 aromatic carbocycles. The van der Waals surface area contributed by atoms with Crippen LogP contribution in [-0.4, -0.2) is 21.8 Å². The number of para-hydroxylation sites is 1. The SMILES string of the molecule is C=C(Nc1ccccc1C)C1=CC=C(NC(C)=N/C=C(\C)c2cnc3ccc(CNCC)cn23)C1.CC. The number of pyridine rings is 1. The van der Waals surface area contributed by atoms with Gasteiger partial charge < -0.3 is 16.0 Å². The van der Waals surface area contributed by atoms with Gasteiger partial charge in [0.1, 0.15) is 11.5 Å². The molecule has 4 rings (SSSR count). The zero-order valence-corrected chi connectivity index (χ0v) is 23.0. The number of fused-ring (bicyclic) bond motifs is 1. The van der Waals surface area contributed by atoms with Crippen molar-refractivity contribution in [3.63, 3.8) is 0 Å². The third-order valence-electron chi connectivity index (χ3n) is 6.03. The Balaban J connectivity index is 0.00000186. The van der Waals surface area contributed by atoms with Gasteiger partial charge in [0.25, 0.3) is 0 Å². The molecule has 0 bridgehead atoms. The summed E-state index contributed by atoms with van der Waals surface area (Å²) in [7, 11) is 0.